The van der Waals surface area contributed by atoms with Gasteiger partial charge in [0.1, 0.15) is 5.58 Å². The molecule has 0 spiro atoms. The second-order valence-electron chi connectivity index (χ2n) is 5.53. The molecule has 0 atom stereocenters. The Morgan fingerprint density at radius 3 is 2.84 bits per heavy atom. The van der Waals surface area contributed by atoms with Crippen LogP contribution in [0.4, 0.5) is 0 Å². The molecule has 2 N–H and O–H groups in total. The van der Waals surface area contributed by atoms with Crippen molar-refractivity contribution in [1.82, 2.24) is 5.32 Å². The minimum absolute atomic E-state index is 0.120. The van der Waals surface area contributed by atoms with Crippen molar-refractivity contribution in [3.63, 3.8) is 0 Å². The largest absolute Gasteiger partial charge is 0.464 e. The van der Waals surface area contributed by atoms with Gasteiger partial charge in [-0.25, -0.2) is 0 Å². The van der Waals surface area contributed by atoms with Crippen LogP contribution >= 0.6 is 0 Å². The van der Waals surface area contributed by atoms with Gasteiger partial charge >= 0.3 is 0 Å². The van der Waals surface area contributed by atoms with Gasteiger partial charge in [-0.1, -0.05) is 12.1 Å². The number of carbonyl (C=O) groups excluding carboxylic acids is 1. The lowest BCUT2D eigenvalue weighted by atomic mass is 10.1. The number of hydrogen-bond acceptors (Lipinski definition) is 3. The number of fused-ring (bicyclic) bond motifs is 1. The molecule has 1 heterocycles. The Labute approximate surface area is 112 Å². The fourth-order valence-electron chi connectivity index (χ4n) is 1.88. The number of carbonyl (C=O) groups is 1. The molecule has 4 nitrogen and oxygen atoms in total. The van der Waals surface area contributed by atoms with Crippen LogP contribution in [0.15, 0.2) is 28.9 Å². The van der Waals surface area contributed by atoms with Gasteiger partial charge in [-0.2, -0.15) is 0 Å². The number of aliphatic hydroxyl groups is 1. The highest BCUT2D eigenvalue weighted by atomic mass is 16.3. The summed E-state index contributed by atoms with van der Waals surface area (Å²) in [7, 11) is 0. The first-order valence-electron chi connectivity index (χ1n) is 6.31. The zero-order chi connectivity index (χ0) is 14.0. The van der Waals surface area contributed by atoms with Gasteiger partial charge < -0.3 is 14.8 Å². The Hall–Kier alpha value is -1.81. The third kappa shape index (κ3) is 3.58. The van der Waals surface area contributed by atoms with Gasteiger partial charge in [0.05, 0.1) is 18.3 Å². The Kier molecular flexibility index (Phi) is 3.62. The van der Waals surface area contributed by atoms with E-state index < -0.39 is 5.60 Å². The van der Waals surface area contributed by atoms with Crippen LogP contribution in [0, 0.1) is 6.92 Å². The summed E-state index contributed by atoms with van der Waals surface area (Å²) in [5.41, 5.74) is 1.89. The predicted molar refractivity (Wildman–Crippen MR) is 74.0 cm³/mol. The van der Waals surface area contributed by atoms with Gasteiger partial charge in [0.25, 0.3) is 0 Å². The highest BCUT2D eigenvalue weighted by Gasteiger charge is 2.15. The lowest BCUT2D eigenvalue weighted by molar-refractivity contribution is -0.121. The standard InChI is InChI=1S/C15H19NO3/c1-10-4-5-12-11(8-19-13(12)6-10)7-14(17)16-9-15(2,3)18/h4-6,8,18H,7,9H2,1-3H3,(H,16,17). The third-order valence-electron chi connectivity index (χ3n) is 2.88. The molecule has 19 heavy (non-hydrogen) atoms. The second kappa shape index (κ2) is 5.05. The summed E-state index contributed by atoms with van der Waals surface area (Å²) in [5, 5.41) is 13.2. The van der Waals surface area contributed by atoms with Crippen LogP contribution < -0.4 is 5.32 Å². The molecule has 0 aliphatic heterocycles. The van der Waals surface area contributed by atoms with Crippen LogP contribution in [0.25, 0.3) is 11.0 Å². The number of aryl methyl sites for hydroxylation is 1. The van der Waals surface area contributed by atoms with Crippen LogP contribution in [0.1, 0.15) is 25.0 Å². The molecule has 1 aromatic carbocycles. The minimum atomic E-state index is -0.898. The molecule has 1 amide bonds. The maximum atomic E-state index is 11.8. The second-order valence-corrected chi connectivity index (χ2v) is 5.53. The summed E-state index contributed by atoms with van der Waals surface area (Å²) >= 11 is 0. The first-order valence-corrected chi connectivity index (χ1v) is 6.31. The van der Waals surface area contributed by atoms with Crippen LogP contribution in [0.3, 0.4) is 0 Å². The van der Waals surface area contributed by atoms with E-state index in [-0.39, 0.29) is 18.9 Å². The van der Waals surface area contributed by atoms with Crippen molar-refractivity contribution in [2.24, 2.45) is 0 Å². The number of nitrogens with one attached hydrogen (secondary N) is 1. The molecular formula is C15H19NO3. The smallest absolute Gasteiger partial charge is 0.224 e. The molecule has 0 aliphatic carbocycles. The average molecular weight is 261 g/mol. The summed E-state index contributed by atoms with van der Waals surface area (Å²) in [6.45, 7) is 5.55. The first kappa shape index (κ1) is 13.6. The van der Waals surface area contributed by atoms with E-state index in [1.165, 1.54) is 0 Å². The van der Waals surface area contributed by atoms with E-state index in [1.54, 1.807) is 20.1 Å². The number of rotatable bonds is 4. The Morgan fingerprint density at radius 2 is 2.16 bits per heavy atom. The fraction of sp³-hybridized carbons (Fsp3) is 0.400. The summed E-state index contributed by atoms with van der Waals surface area (Å²) in [4.78, 5) is 11.8. The molecule has 4 heteroatoms. The summed E-state index contributed by atoms with van der Waals surface area (Å²) < 4.78 is 5.45. The molecule has 0 bridgehead atoms. The molecule has 0 radical (unpaired) electrons. The molecule has 1 aromatic heterocycles. The quantitative estimate of drug-likeness (QED) is 0.886. The van der Waals surface area contributed by atoms with Crippen molar-refractivity contribution in [2.75, 3.05) is 6.54 Å². The molecule has 0 fully saturated rings. The van der Waals surface area contributed by atoms with Gasteiger partial charge in [0, 0.05) is 17.5 Å². The molecule has 0 unspecified atom stereocenters. The van der Waals surface area contributed by atoms with Gasteiger partial charge in [0.15, 0.2) is 0 Å². The zero-order valence-electron chi connectivity index (χ0n) is 11.5. The van der Waals surface area contributed by atoms with Crippen LogP contribution in [-0.4, -0.2) is 23.2 Å². The van der Waals surface area contributed by atoms with Crippen LogP contribution in [-0.2, 0) is 11.2 Å². The minimum Gasteiger partial charge on any atom is -0.464 e. The van der Waals surface area contributed by atoms with E-state index in [4.69, 9.17) is 4.42 Å². The topological polar surface area (TPSA) is 62.5 Å². The molecule has 2 aromatic rings. The Morgan fingerprint density at radius 1 is 1.42 bits per heavy atom. The van der Waals surface area contributed by atoms with Crippen molar-refractivity contribution in [3.05, 3.63) is 35.6 Å². The molecule has 0 saturated carbocycles. The predicted octanol–water partition coefficient (Wildman–Crippen LogP) is 2.17. The molecule has 0 aliphatic rings. The monoisotopic (exact) mass is 261 g/mol. The van der Waals surface area contributed by atoms with Crippen LogP contribution in [0.5, 0.6) is 0 Å². The lowest BCUT2D eigenvalue weighted by Gasteiger charge is -2.17. The van der Waals surface area contributed by atoms with E-state index in [9.17, 15) is 9.90 Å². The van der Waals surface area contributed by atoms with Gasteiger partial charge in [-0.05, 0) is 32.4 Å². The number of benzene rings is 1. The number of amides is 1. The maximum absolute atomic E-state index is 11.8. The molecule has 0 saturated heterocycles. The first-order chi connectivity index (χ1) is 8.85. The normalized spacial score (nSPS) is 11.8. The zero-order valence-corrected chi connectivity index (χ0v) is 11.5. The number of furan rings is 1. The lowest BCUT2D eigenvalue weighted by Crippen LogP contribution is -2.38. The average Bonchev–Trinajstić information content (AvgIpc) is 2.68. The SMILES string of the molecule is Cc1ccc2c(CC(=O)NCC(C)(C)O)coc2c1. The van der Waals surface area contributed by atoms with Gasteiger partial charge in [-0.3, -0.25) is 4.79 Å². The highest BCUT2D eigenvalue weighted by molar-refractivity contribution is 5.87. The van der Waals surface area contributed by atoms with E-state index in [0.717, 1.165) is 22.1 Å². The number of hydrogen-bond donors (Lipinski definition) is 2. The Bertz CT molecular complexity index is 593. The molecular weight excluding hydrogens is 242 g/mol. The molecule has 2 rings (SSSR count). The van der Waals surface area contributed by atoms with Gasteiger partial charge in [0.2, 0.25) is 5.91 Å². The summed E-state index contributed by atoms with van der Waals surface area (Å²) in [6, 6.07) is 5.91. The van der Waals surface area contributed by atoms with Crippen molar-refractivity contribution in [2.45, 2.75) is 32.8 Å². The van der Waals surface area contributed by atoms with Gasteiger partial charge in [-0.15, -0.1) is 0 Å². The van der Waals surface area contributed by atoms with E-state index in [2.05, 4.69) is 5.32 Å². The van der Waals surface area contributed by atoms with E-state index >= 15 is 0 Å². The summed E-state index contributed by atoms with van der Waals surface area (Å²) in [6.07, 6.45) is 1.87. The third-order valence-corrected chi connectivity index (χ3v) is 2.88. The maximum Gasteiger partial charge on any atom is 0.224 e. The highest BCUT2D eigenvalue weighted by Crippen LogP contribution is 2.22. The van der Waals surface area contributed by atoms with Crippen LogP contribution in [0.2, 0.25) is 0 Å². The van der Waals surface area contributed by atoms with E-state index in [1.807, 2.05) is 25.1 Å². The van der Waals surface area contributed by atoms with E-state index in [0.29, 0.717) is 0 Å². The Balaban J connectivity index is 2.07. The summed E-state index contributed by atoms with van der Waals surface area (Å²) in [5.74, 6) is -0.120. The molecule has 102 valence electrons. The van der Waals surface area contributed by atoms with Crippen molar-refractivity contribution in [1.29, 1.82) is 0 Å². The van der Waals surface area contributed by atoms with Crippen molar-refractivity contribution < 1.29 is 14.3 Å². The van der Waals surface area contributed by atoms with Crippen molar-refractivity contribution >= 4 is 16.9 Å². The fourth-order valence-corrected chi connectivity index (χ4v) is 1.88. The van der Waals surface area contributed by atoms with Crippen molar-refractivity contribution in [3.8, 4) is 0 Å².